The van der Waals surface area contributed by atoms with Crippen molar-refractivity contribution in [2.75, 3.05) is 0 Å². The van der Waals surface area contributed by atoms with Gasteiger partial charge in [-0.15, -0.1) is 0 Å². The van der Waals surface area contributed by atoms with Gasteiger partial charge in [-0.1, -0.05) is 0 Å². The molecule has 0 aliphatic carbocycles. The number of fused-ring (bicyclic) bond motifs is 4. The second-order valence-electron chi connectivity index (χ2n) is 13.7. The van der Waals surface area contributed by atoms with Crippen LogP contribution in [-0.2, 0) is 0 Å². The Labute approximate surface area is 329 Å². The van der Waals surface area contributed by atoms with Gasteiger partial charge in [0.2, 0.25) is 0 Å². The first-order chi connectivity index (χ1) is 29.1. The molecule has 0 bridgehead atoms. The average Bonchev–Trinajstić information content (AvgIpc) is 4.13. The summed E-state index contributed by atoms with van der Waals surface area (Å²) in [5.41, 5.74) is 11.5. The molecule has 0 unspecified atom stereocenters. The molecular formula is C42H24N14O3. The van der Waals surface area contributed by atoms with Gasteiger partial charge in [0.25, 0.3) is 0 Å². The standard InChI is InChI=1S/C42H24N14O3/c57-24-11-22(15-44-16-24)30-14-26-35(54-56-37(26)42-50-27-3-8-45-33(38(27)51-42)21-5-10-58-18-21)40(48-30)32-12-23(19-59-32)34-39-28(4-9-46-34)49-41(52-39)36-25-13-29(20-1-6-43-7-2-20)47-17-31(25)53-55-36/h1-19,57H,(H,49,52)(H,50,51)(H,53,55)(H,54,56). The molecular weight excluding hydrogens is 749 g/mol. The van der Waals surface area contributed by atoms with E-state index in [-0.39, 0.29) is 5.75 Å². The summed E-state index contributed by atoms with van der Waals surface area (Å²) in [7, 11) is 0. The number of nitrogens with one attached hydrogen (secondary N) is 4. The van der Waals surface area contributed by atoms with E-state index in [1.54, 1.807) is 62.0 Å². The number of H-pyrrole nitrogens is 4. The van der Waals surface area contributed by atoms with Crippen molar-refractivity contribution < 1.29 is 13.9 Å². The summed E-state index contributed by atoms with van der Waals surface area (Å²) in [6.07, 6.45) is 16.5. The maximum atomic E-state index is 10.4. The number of pyridine rings is 6. The minimum absolute atomic E-state index is 0.00133. The third kappa shape index (κ3) is 5.26. The zero-order valence-electron chi connectivity index (χ0n) is 30.2. The normalized spacial score (nSPS) is 11.8. The van der Waals surface area contributed by atoms with Crippen LogP contribution in [0.1, 0.15) is 0 Å². The Morgan fingerprint density at radius 2 is 1.27 bits per heavy atom. The Morgan fingerprint density at radius 3 is 2.03 bits per heavy atom. The Bertz CT molecular complexity index is 3540. The zero-order chi connectivity index (χ0) is 39.0. The van der Waals surface area contributed by atoms with Crippen LogP contribution in [0.5, 0.6) is 5.75 Å². The SMILES string of the molecule is Oc1cncc(-c2cc3c(-c4nc5c(-c6ccoc6)nccc5[nH]4)n[nH]c3c(-c3cc(-c4nccc5[nH]c(-c6n[nH]c7cnc(-c8ccncc8)cc67)nc45)co3)n2)c1. The maximum absolute atomic E-state index is 10.4. The van der Waals surface area contributed by atoms with Crippen LogP contribution in [0.3, 0.4) is 0 Å². The Hall–Kier alpha value is -8.86. The molecule has 0 aliphatic heterocycles. The summed E-state index contributed by atoms with van der Waals surface area (Å²) >= 11 is 0. The maximum Gasteiger partial charge on any atom is 0.159 e. The van der Waals surface area contributed by atoms with Gasteiger partial charge in [-0.05, 0) is 54.6 Å². The van der Waals surface area contributed by atoms with E-state index in [2.05, 4.69) is 45.2 Å². The van der Waals surface area contributed by atoms with Gasteiger partial charge in [0.15, 0.2) is 17.4 Å². The highest BCUT2D eigenvalue weighted by Crippen LogP contribution is 2.39. The van der Waals surface area contributed by atoms with E-state index in [9.17, 15) is 5.11 Å². The molecule has 17 heteroatoms. The lowest BCUT2D eigenvalue weighted by atomic mass is 10.1. The summed E-state index contributed by atoms with van der Waals surface area (Å²) in [6, 6.07) is 16.7. The first kappa shape index (κ1) is 32.4. The largest absolute Gasteiger partial charge is 0.506 e. The smallest absolute Gasteiger partial charge is 0.159 e. The number of rotatable bonds is 7. The van der Waals surface area contributed by atoms with Crippen LogP contribution in [0.25, 0.3) is 123 Å². The third-order valence-electron chi connectivity index (χ3n) is 10.1. The molecule has 12 aromatic heterocycles. The number of hydrogen-bond acceptors (Lipinski definition) is 13. The monoisotopic (exact) mass is 772 g/mol. The number of furan rings is 2. The number of hydrogen-bond donors (Lipinski definition) is 5. The number of aromatic nitrogens is 14. The molecule has 5 N–H and O–H groups in total. The molecule has 0 fully saturated rings. The van der Waals surface area contributed by atoms with Crippen LogP contribution in [0.2, 0.25) is 0 Å². The predicted octanol–water partition coefficient (Wildman–Crippen LogP) is 8.12. The van der Waals surface area contributed by atoms with E-state index in [0.717, 1.165) is 38.8 Å². The van der Waals surface area contributed by atoms with Crippen molar-refractivity contribution in [3.63, 3.8) is 0 Å². The highest BCUT2D eigenvalue weighted by molar-refractivity contribution is 6.03. The van der Waals surface area contributed by atoms with Gasteiger partial charge in [-0.2, -0.15) is 10.2 Å². The fourth-order valence-electron chi connectivity index (χ4n) is 7.37. The second kappa shape index (κ2) is 12.6. The van der Waals surface area contributed by atoms with E-state index in [4.69, 9.17) is 33.9 Å². The van der Waals surface area contributed by atoms with Crippen molar-refractivity contribution in [1.29, 1.82) is 0 Å². The Balaban J connectivity index is 0.970. The third-order valence-corrected chi connectivity index (χ3v) is 10.1. The minimum Gasteiger partial charge on any atom is -0.506 e. The molecule has 280 valence electrons. The van der Waals surface area contributed by atoms with Crippen molar-refractivity contribution in [1.82, 2.24) is 70.2 Å². The highest BCUT2D eigenvalue weighted by Gasteiger charge is 2.23. The van der Waals surface area contributed by atoms with Crippen molar-refractivity contribution in [3.05, 3.63) is 117 Å². The quantitative estimate of drug-likeness (QED) is 0.103. The van der Waals surface area contributed by atoms with E-state index < -0.39 is 0 Å². The summed E-state index contributed by atoms with van der Waals surface area (Å²) in [5, 5.41) is 27.5. The fraction of sp³-hybridized carbons (Fsp3) is 0. The molecule has 12 rings (SSSR count). The van der Waals surface area contributed by atoms with Crippen molar-refractivity contribution >= 4 is 43.9 Å². The molecule has 0 saturated heterocycles. The first-order valence-corrected chi connectivity index (χ1v) is 18.2. The van der Waals surface area contributed by atoms with Crippen LogP contribution >= 0.6 is 0 Å². The first-order valence-electron chi connectivity index (χ1n) is 18.2. The molecule has 59 heavy (non-hydrogen) atoms. The van der Waals surface area contributed by atoms with Crippen LogP contribution in [-0.4, -0.2) is 75.3 Å². The number of nitrogens with zero attached hydrogens (tertiary/aromatic N) is 10. The van der Waals surface area contributed by atoms with E-state index in [0.29, 0.717) is 84.6 Å². The lowest BCUT2D eigenvalue weighted by Crippen LogP contribution is -1.91. The van der Waals surface area contributed by atoms with E-state index >= 15 is 0 Å². The van der Waals surface area contributed by atoms with E-state index in [1.807, 2.05) is 48.5 Å². The Morgan fingerprint density at radius 1 is 0.525 bits per heavy atom. The van der Waals surface area contributed by atoms with Crippen molar-refractivity contribution in [3.8, 4) is 85.3 Å². The van der Waals surface area contributed by atoms with Gasteiger partial charge in [0.05, 0.1) is 58.4 Å². The molecule has 0 atom stereocenters. The predicted molar refractivity (Wildman–Crippen MR) is 216 cm³/mol. The summed E-state index contributed by atoms with van der Waals surface area (Å²) in [5.74, 6) is 1.52. The lowest BCUT2D eigenvalue weighted by Gasteiger charge is -2.06. The molecule has 12 aromatic rings. The summed E-state index contributed by atoms with van der Waals surface area (Å²) in [6.45, 7) is 0. The topological polar surface area (TPSA) is 239 Å². The average molecular weight is 773 g/mol. The van der Waals surface area contributed by atoms with Gasteiger partial charge in [-0.3, -0.25) is 35.1 Å². The molecule has 0 aromatic carbocycles. The lowest BCUT2D eigenvalue weighted by molar-refractivity contribution is 0.473. The van der Waals surface area contributed by atoms with Crippen LogP contribution < -0.4 is 0 Å². The van der Waals surface area contributed by atoms with Crippen molar-refractivity contribution in [2.45, 2.75) is 0 Å². The van der Waals surface area contributed by atoms with Crippen molar-refractivity contribution in [2.24, 2.45) is 0 Å². The van der Waals surface area contributed by atoms with Gasteiger partial charge in [0, 0.05) is 64.0 Å². The van der Waals surface area contributed by atoms with Gasteiger partial charge in [0.1, 0.15) is 51.5 Å². The van der Waals surface area contributed by atoms with Gasteiger partial charge >= 0.3 is 0 Å². The molecule has 0 radical (unpaired) electrons. The Kier molecular flexibility index (Phi) is 6.91. The molecule has 12 heterocycles. The van der Waals surface area contributed by atoms with Gasteiger partial charge < -0.3 is 23.9 Å². The highest BCUT2D eigenvalue weighted by atomic mass is 16.3. The van der Waals surface area contributed by atoms with Gasteiger partial charge in [-0.25, -0.2) is 15.0 Å². The number of aromatic amines is 4. The van der Waals surface area contributed by atoms with E-state index in [1.165, 1.54) is 6.20 Å². The molecule has 0 saturated carbocycles. The second-order valence-corrected chi connectivity index (χ2v) is 13.7. The van der Waals surface area contributed by atoms with Crippen LogP contribution in [0.15, 0.2) is 126 Å². The number of imidazole rings is 2. The molecule has 0 amide bonds. The molecule has 0 spiro atoms. The van der Waals surface area contributed by atoms with Crippen LogP contribution in [0.4, 0.5) is 0 Å². The minimum atomic E-state index is 0.00133. The fourth-order valence-corrected chi connectivity index (χ4v) is 7.37. The summed E-state index contributed by atoms with van der Waals surface area (Å²) < 4.78 is 11.6. The molecule has 0 aliphatic rings. The summed E-state index contributed by atoms with van der Waals surface area (Å²) in [4.78, 5) is 44.0. The molecule has 17 nitrogen and oxygen atoms in total. The number of aromatic hydroxyl groups is 1. The zero-order valence-corrected chi connectivity index (χ0v) is 30.2. The van der Waals surface area contributed by atoms with Crippen LogP contribution in [0, 0.1) is 0 Å².